The van der Waals surface area contributed by atoms with Crippen molar-refractivity contribution in [3.05, 3.63) is 59.8 Å². The van der Waals surface area contributed by atoms with Crippen molar-refractivity contribution in [1.82, 2.24) is 39.5 Å². The Hall–Kier alpha value is -5.02. The average Bonchev–Trinajstić information content (AvgIpc) is 3.67. The number of halogens is 5. The van der Waals surface area contributed by atoms with Crippen LogP contribution in [-0.4, -0.2) is 57.5 Å². The molecule has 1 unspecified atom stereocenters. The van der Waals surface area contributed by atoms with E-state index < -0.39 is 49.1 Å². The van der Waals surface area contributed by atoms with Crippen LogP contribution < -0.4 is 11.1 Å². The smallest absolute Gasteiger partial charge is 0.383 e. The molecular weight excluding hydrogens is 575 g/mol. The normalized spacial score (nSPS) is 18.3. The van der Waals surface area contributed by atoms with E-state index in [1.807, 2.05) is 18.3 Å². The van der Waals surface area contributed by atoms with E-state index >= 15 is 0 Å². The molecule has 4 aromatic heterocycles. The number of nitrogen functional groups attached to an aromatic ring is 1. The van der Waals surface area contributed by atoms with Crippen molar-refractivity contribution in [2.24, 2.45) is 14.0 Å². The van der Waals surface area contributed by atoms with Crippen LogP contribution >= 0.6 is 0 Å². The van der Waals surface area contributed by atoms with E-state index in [0.717, 1.165) is 17.3 Å². The summed E-state index contributed by atoms with van der Waals surface area (Å²) >= 11 is 0. The maximum absolute atomic E-state index is 13.8. The van der Waals surface area contributed by atoms with E-state index in [1.54, 1.807) is 37.0 Å². The summed E-state index contributed by atoms with van der Waals surface area (Å²) in [6.45, 7) is -1.25. The molecule has 1 aromatic carbocycles. The van der Waals surface area contributed by atoms with Crippen LogP contribution in [0.15, 0.2) is 42.9 Å². The standard InChI is InChI=1S/C27H23F5N10O/c1-25(15-6-4-13(5-7-15)14-10-34-41(2)12-14)18-20(33)38-22(39-21(18)40-24(25)43)19-16-11-35-42(3)23(16)37-17(36-19)8-9-26(28,29)27(30,31)32/h4-7,10-12H,8-9H2,1-3H3,(H3,33,38,39,40,43)/i3D3. The molecular formula is C27H23F5N10O. The van der Waals surface area contributed by atoms with Gasteiger partial charge in [0.2, 0.25) is 5.91 Å². The minimum Gasteiger partial charge on any atom is -0.383 e. The Labute approximate surface area is 244 Å². The average molecular weight is 602 g/mol. The van der Waals surface area contributed by atoms with Crippen LogP contribution in [-0.2, 0) is 30.7 Å². The predicted molar refractivity (Wildman–Crippen MR) is 145 cm³/mol. The third-order valence-electron chi connectivity index (χ3n) is 7.39. The van der Waals surface area contributed by atoms with Crippen molar-refractivity contribution < 1.29 is 30.9 Å². The SMILES string of the molecule is [2H]C([2H])([2H])n1ncc2c(-c3nc(N)c4c(n3)NC(=O)C4(C)c3ccc(-c4cnn(C)c4)cc3)nc(CCC(F)(F)C(F)(F)F)nc21. The van der Waals surface area contributed by atoms with Gasteiger partial charge in [-0.2, -0.15) is 32.1 Å². The molecule has 16 heteroatoms. The molecule has 1 atom stereocenters. The number of nitrogens with two attached hydrogens (primary N) is 1. The van der Waals surface area contributed by atoms with Gasteiger partial charge in [-0.15, -0.1) is 0 Å². The molecule has 0 bridgehead atoms. The number of fused-ring (bicyclic) bond motifs is 2. The van der Waals surface area contributed by atoms with Crippen LogP contribution in [0.25, 0.3) is 33.7 Å². The van der Waals surface area contributed by atoms with E-state index in [1.165, 1.54) is 0 Å². The molecule has 6 rings (SSSR count). The van der Waals surface area contributed by atoms with Gasteiger partial charge in [0.25, 0.3) is 0 Å². The van der Waals surface area contributed by atoms with Crippen LogP contribution in [0, 0.1) is 0 Å². The fourth-order valence-electron chi connectivity index (χ4n) is 5.00. The number of aromatic nitrogens is 8. The number of nitrogens with zero attached hydrogens (tertiary/aromatic N) is 8. The van der Waals surface area contributed by atoms with E-state index in [9.17, 15) is 26.7 Å². The van der Waals surface area contributed by atoms with Gasteiger partial charge in [0.05, 0.1) is 23.3 Å². The summed E-state index contributed by atoms with van der Waals surface area (Å²) in [5.74, 6) is -6.50. The molecule has 222 valence electrons. The van der Waals surface area contributed by atoms with Gasteiger partial charge in [-0.1, -0.05) is 24.3 Å². The molecule has 3 N–H and O–H groups in total. The van der Waals surface area contributed by atoms with Gasteiger partial charge in [-0.05, 0) is 18.1 Å². The van der Waals surface area contributed by atoms with Crippen molar-refractivity contribution in [3.63, 3.8) is 0 Å². The van der Waals surface area contributed by atoms with Crippen molar-refractivity contribution in [1.29, 1.82) is 0 Å². The van der Waals surface area contributed by atoms with Crippen molar-refractivity contribution in [3.8, 4) is 22.6 Å². The van der Waals surface area contributed by atoms with Gasteiger partial charge in [0.15, 0.2) is 11.5 Å². The van der Waals surface area contributed by atoms with Crippen LogP contribution in [0.5, 0.6) is 0 Å². The van der Waals surface area contributed by atoms with Crippen LogP contribution in [0.2, 0.25) is 0 Å². The molecule has 43 heavy (non-hydrogen) atoms. The first-order valence-electron chi connectivity index (χ1n) is 14.2. The molecule has 0 radical (unpaired) electrons. The van der Waals surface area contributed by atoms with E-state index in [4.69, 9.17) is 9.85 Å². The molecule has 5 heterocycles. The first kappa shape index (κ1) is 24.6. The first-order chi connectivity index (χ1) is 21.4. The second-order valence-corrected chi connectivity index (χ2v) is 10.2. The predicted octanol–water partition coefficient (Wildman–Crippen LogP) is 4.19. The highest BCUT2D eigenvalue weighted by atomic mass is 19.4. The summed E-state index contributed by atoms with van der Waals surface area (Å²) in [6, 6.07) is 7.14. The fraction of sp³-hybridized carbons (Fsp3) is 0.296. The number of rotatable bonds is 6. The Bertz CT molecular complexity index is 2010. The molecule has 5 aromatic rings. The summed E-state index contributed by atoms with van der Waals surface area (Å²) in [5.41, 5.74) is 6.97. The largest absolute Gasteiger partial charge is 0.453 e. The third-order valence-corrected chi connectivity index (χ3v) is 7.39. The minimum atomic E-state index is -5.82. The maximum atomic E-state index is 13.8. The molecule has 0 aliphatic carbocycles. The lowest BCUT2D eigenvalue weighted by Crippen LogP contribution is -2.36. The third kappa shape index (κ3) is 4.53. The first-order valence-corrected chi connectivity index (χ1v) is 12.7. The Kier molecular flexibility index (Phi) is 5.43. The lowest BCUT2D eigenvalue weighted by atomic mass is 9.77. The van der Waals surface area contributed by atoms with E-state index in [-0.39, 0.29) is 39.8 Å². The van der Waals surface area contributed by atoms with Crippen molar-refractivity contribution >= 4 is 28.6 Å². The Morgan fingerprint density at radius 2 is 1.77 bits per heavy atom. The second kappa shape index (κ2) is 9.50. The molecule has 0 spiro atoms. The quantitative estimate of drug-likeness (QED) is 0.276. The van der Waals surface area contributed by atoms with Gasteiger partial charge < -0.3 is 11.1 Å². The number of carbonyl (C=O) groups excluding carboxylic acids is 1. The molecule has 11 nitrogen and oxygen atoms in total. The maximum Gasteiger partial charge on any atom is 0.453 e. The lowest BCUT2D eigenvalue weighted by Gasteiger charge is -2.23. The zero-order chi connectivity index (χ0) is 33.4. The zero-order valence-electron chi connectivity index (χ0n) is 25.4. The van der Waals surface area contributed by atoms with Gasteiger partial charge >= 0.3 is 12.1 Å². The summed E-state index contributed by atoms with van der Waals surface area (Å²) in [7, 11) is 1.79. The number of alkyl halides is 5. The molecule has 1 aliphatic heterocycles. The van der Waals surface area contributed by atoms with Gasteiger partial charge in [0.1, 0.15) is 28.6 Å². The zero-order valence-corrected chi connectivity index (χ0v) is 22.4. The Balaban J connectivity index is 1.44. The summed E-state index contributed by atoms with van der Waals surface area (Å²) in [4.78, 5) is 30.2. The molecule has 0 fully saturated rings. The van der Waals surface area contributed by atoms with Gasteiger partial charge in [0, 0.05) is 42.7 Å². The minimum absolute atomic E-state index is 0.00599. The highest BCUT2D eigenvalue weighted by Crippen LogP contribution is 2.45. The summed E-state index contributed by atoms with van der Waals surface area (Å²) in [5, 5.41) is 10.6. The number of aryl methyl sites for hydroxylation is 3. The lowest BCUT2D eigenvalue weighted by molar-refractivity contribution is -0.284. The van der Waals surface area contributed by atoms with Gasteiger partial charge in [-0.3, -0.25) is 14.2 Å². The van der Waals surface area contributed by atoms with Crippen LogP contribution in [0.3, 0.4) is 0 Å². The Morgan fingerprint density at radius 3 is 2.42 bits per heavy atom. The number of anilines is 2. The van der Waals surface area contributed by atoms with E-state index in [2.05, 4.69) is 35.5 Å². The Morgan fingerprint density at radius 1 is 1.02 bits per heavy atom. The topological polar surface area (TPSA) is 142 Å². The molecule has 0 saturated heterocycles. The number of carbonyl (C=O) groups is 1. The number of benzene rings is 1. The van der Waals surface area contributed by atoms with E-state index in [0.29, 0.717) is 10.2 Å². The molecule has 1 aliphatic rings. The second-order valence-electron chi connectivity index (χ2n) is 10.2. The number of nitrogens with one attached hydrogen (secondary N) is 1. The van der Waals surface area contributed by atoms with Gasteiger partial charge in [-0.25, -0.2) is 19.9 Å². The molecule has 1 amide bonds. The number of hydrogen-bond acceptors (Lipinski definition) is 8. The fourth-order valence-corrected chi connectivity index (χ4v) is 5.00. The van der Waals surface area contributed by atoms with Crippen LogP contribution in [0.1, 0.15) is 34.4 Å². The molecule has 0 saturated carbocycles. The number of hydrogen-bond donors (Lipinski definition) is 2. The van der Waals surface area contributed by atoms with Crippen molar-refractivity contribution in [2.75, 3.05) is 11.1 Å². The number of amides is 1. The highest BCUT2D eigenvalue weighted by molar-refractivity contribution is 6.09. The highest BCUT2D eigenvalue weighted by Gasteiger charge is 2.56. The van der Waals surface area contributed by atoms with Crippen molar-refractivity contribution in [2.45, 2.75) is 37.3 Å². The van der Waals surface area contributed by atoms with Crippen LogP contribution in [0.4, 0.5) is 33.6 Å². The monoisotopic (exact) mass is 601 g/mol. The summed E-state index contributed by atoms with van der Waals surface area (Å²) < 4.78 is 91.4. The summed E-state index contributed by atoms with van der Waals surface area (Å²) in [6.07, 6.45) is -3.90.